The average molecular weight is 540 g/mol. The maximum atomic E-state index is 12.6. The van der Waals surface area contributed by atoms with E-state index in [9.17, 15) is 17.2 Å². The third kappa shape index (κ3) is 8.11. The summed E-state index contributed by atoms with van der Waals surface area (Å²) in [4.78, 5) is 4.11. The molecule has 29 heavy (non-hydrogen) atoms. The second-order valence-electron chi connectivity index (χ2n) is 5.96. The van der Waals surface area contributed by atoms with Crippen molar-refractivity contribution in [1.82, 2.24) is 10.6 Å². The van der Waals surface area contributed by atoms with E-state index in [0.717, 1.165) is 11.1 Å². The largest absolute Gasteiger partial charge is 0.434 e. The van der Waals surface area contributed by atoms with Crippen LogP contribution in [0, 0.1) is 6.92 Å². The maximum Gasteiger partial charge on any atom is 0.387 e. The first kappa shape index (κ1) is 25.0. The lowest BCUT2D eigenvalue weighted by Crippen LogP contribution is -2.36. The minimum Gasteiger partial charge on any atom is -0.434 e. The molecule has 0 fully saturated rings. The molecule has 11 heteroatoms. The highest BCUT2D eigenvalue weighted by molar-refractivity contribution is 14.0. The van der Waals surface area contributed by atoms with E-state index in [1.807, 2.05) is 6.92 Å². The van der Waals surface area contributed by atoms with Crippen molar-refractivity contribution >= 4 is 40.0 Å². The summed E-state index contributed by atoms with van der Waals surface area (Å²) in [5.41, 5.74) is 2.30. The summed E-state index contributed by atoms with van der Waals surface area (Å²) in [5, 5.41) is 11.2. The van der Waals surface area contributed by atoms with Gasteiger partial charge in [0, 0.05) is 25.7 Å². The molecule has 0 aliphatic carbocycles. The van der Waals surface area contributed by atoms with Crippen LogP contribution < -0.4 is 20.5 Å². The fourth-order valence-corrected chi connectivity index (χ4v) is 2.96. The van der Waals surface area contributed by atoms with Crippen LogP contribution in [0.5, 0.6) is 5.75 Å². The summed E-state index contributed by atoms with van der Waals surface area (Å²) < 4.78 is 52.2. The number of aliphatic imine (C=N–C) groups is 1. The normalized spacial score (nSPS) is 11.7. The van der Waals surface area contributed by atoms with Gasteiger partial charge in [-0.3, -0.25) is 4.99 Å². The predicted octanol–water partition coefficient (Wildman–Crippen LogP) is 2.73. The number of hydrogen-bond donors (Lipinski definition) is 3. The molecule has 0 aromatic heterocycles. The van der Waals surface area contributed by atoms with Gasteiger partial charge in [0.25, 0.3) is 0 Å². The lowest BCUT2D eigenvalue weighted by atomic mass is 10.1. The van der Waals surface area contributed by atoms with Gasteiger partial charge >= 0.3 is 6.61 Å². The molecule has 160 valence electrons. The summed E-state index contributed by atoms with van der Waals surface area (Å²) in [5.74, 6) is 0.544. The van der Waals surface area contributed by atoms with Crippen LogP contribution in [-0.2, 0) is 23.1 Å². The number of nitrogens with two attached hydrogens (primary N) is 1. The van der Waals surface area contributed by atoms with Crippen LogP contribution >= 0.6 is 24.0 Å². The topological polar surface area (TPSA) is 106 Å². The van der Waals surface area contributed by atoms with E-state index in [4.69, 9.17) is 5.14 Å². The third-order valence-corrected chi connectivity index (χ3v) is 4.74. The number of benzene rings is 2. The van der Waals surface area contributed by atoms with Gasteiger partial charge in [0.15, 0.2) is 5.96 Å². The quantitative estimate of drug-likeness (QED) is 0.285. The van der Waals surface area contributed by atoms with E-state index in [1.54, 1.807) is 31.3 Å². The first-order valence-electron chi connectivity index (χ1n) is 8.29. The lowest BCUT2D eigenvalue weighted by Gasteiger charge is -2.15. The number of nitrogens with one attached hydrogen (secondary N) is 2. The second-order valence-corrected chi connectivity index (χ2v) is 7.52. The number of hydrogen-bond acceptors (Lipinski definition) is 4. The van der Waals surface area contributed by atoms with E-state index < -0.39 is 16.6 Å². The van der Waals surface area contributed by atoms with Crippen LogP contribution in [0.2, 0.25) is 0 Å². The predicted molar refractivity (Wildman–Crippen MR) is 118 cm³/mol. The van der Waals surface area contributed by atoms with E-state index in [0.29, 0.717) is 18.1 Å². The molecule has 0 atom stereocenters. The Morgan fingerprint density at radius 2 is 1.76 bits per heavy atom. The molecule has 2 aromatic carbocycles. The summed E-state index contributed by atoms with van der Waals surface area (Å²) in [6.45, 7) is -0.445. The van der Waals surface area contributed by atoms with Crippen LogP contribution in [0.4, 0.5) is 8.78 Å². The standard InChI is InChI=1S/C18H22F2N4O3S.HI/c1-12-3-8-16(27-17(19)20)14(9-12)11-24-18(22-2)23-10-13-4-6-15(7-5-13)28(21,25)26;/h3-9,17H,10-11H2,1-2H3,(H2,21,25,26)(H2,22,23,24);1H. The fraction of sp³-hybridized carbons (Fsp3) is 0.278. The smallest absolute Gasteiger partial charge is 0.387 e. The lowest BCUT2D eigenvalue weighted by molar-refractivity contribution is -0.0504. The Hall–Kier alpha value is -1.99. The number of primary sulfonamides is 1. The number of alkyl halides is 2. The maximum absolute atomic E-state index is 12.6. The first-order valence-corrected chi connectivity index (χ1v) is 9.84. The van der Waals surface area contributed by atoms with E-state index in [2.05, 4.69) is 20.4 Å². The highest BCUT2D eigenvalue weighted by atomic mass is 127. The summed E-state index contributed by atoms with van der Waals surface area (Å²) in [6, 6.07) is 11.1. The molecule has 0 amide bonds. The number of rotatable bonds is 7. The van der Waals surface area contributed by atoms with Crippen LogP contribution in [-0.4, -0.2) is 28.0 Å². The molecule has 4 N–H and O–H groups in total. The molecule has 0 saturated heterocycles. The highest BCUT2D eigenvalue weighted by Gasteiger charge is 2.11. The van der Waals surface area contributed by atoms with Crippen molar-refractivity contribution in [3.05, 3.63) is 59.2 Å². The molecule has 0 saturated carbocycles. The number of guanidine groups is 1. The molecule has 0 heterocycles. The van der Waals surface area contributed by atoms with Crippen molar-refractivity contribution in [1.29, 1.82) is 0 Å². The molecule has 0 aliphatic heterocycles. The molecule has 0 radical (unpaired) electrons. The van der Waals surface area contributed by atoms with Crippen LogP contribution in [0.3, 0.4) is 0 Å². The van der Waals surface area contributed by atoms with Gasteiger partial charge in [-0.1, -0.05) is 29.8 Å². The van der Waals surface area contributed by atoms with Gasteiger partial charge in [0.2, 0.25) is 10.0 Å². The van der Waals surface area contributed by atoms with Crippen LogP contribution in [0.25, 0.3) is 0 Å². The van der Waals surface area contributed by atoms with Gasteiger partial charge in [-0.15, -0.1) is 24.0 Å². The molecule has 0 bridgehead atoms. The Balaban J connectivity index is 0.00000420. The Kier molecular flexibility index (Phi) is 9.73. The Labute approximate surface area is 185 Å². The van der Waals surface area contributed by atoms with E-state index in [1.165, 1.54) is 18.2 Å². The van der Waals surface area contributed by atoms with Crippen LogP contribution in [0.1, 0.15) is 16.7 Å². The first-order chi connectivity index (χ1) is 13.2. The Bertz CT molecular complexity index is 939. The second kappa shape index (κ2) is 11.3. The molecular weight excluding hydrogens is 517 g/mol. The van der Waals surface area contributed by atoms with Crippen LogP contribution in [0.15, 0.2) is 52.4 Å². The van der Waals surface area contributed by atoms with Crippen molar-refractivity contribution in [3.8, 4) is 5.75 Å². The number of nitrogens with zero attached hydrogens (tertiary/aromatic N) is 1. The monoisotopic (exact) mass is 540 g/mol. The SMILES string of the molecule is CN=C(NCc1ccc(S(N)(=O)=O)cc1)NCc1cc(C)ccc1OC(F)F.I. The van der Waals surface area contributed by atoms with Crippen molar-refractivity contribution in [2.24, 2.45) is 10.1 Å². The van der Waals surface area contributed by atoms with Gasteiger partial charge in [0.05, 0.1) is 4.90 Å². The average Bonchev–Trinajstić information content (AvgIpc) is 2.63. The molecule has 0 unspecified atom stereocenters. The molecule has 0 aliphatic rings. The number of aryl methyl sites for hydroxylation is 1. The van der Waals surface area contributed by atoms with Crippen molar-refractivity contribution in [2.45, 2.75) is 31.5 Å². The van der Waals surface area contributed by atoms with Crippen molar-refractivity contribution in [3.63, 3.8) is 0 Å². The Morgan fingerprint density at radius 1 is 1.14 bits per heavy atom. The fourth-order valence-electron chi connectivity index (χ4n) is 2.44. The molecule has 2 aromatic rings. The van der Waals surface area contributed by atoms with Gasteiger partial charge in [-0.2, -0.15) is 8.78 Å². The highest BCUT2D eigenvalue weighted by Crippen LogP contribution is 2.22. The zero-order valence-corrected chi connectivity index (χ0v) is 19.0. The summed E-state index contributed by atoms with van der Waals surface area (Å²) >= 11 is 0. The molecule has 7 nitrogen and oxygen atoms in total. The van der Waals surface area contributed by atoms with Gasteiger partial charge < -0.3 is 15.4 Å². The van der Waals surface area contributed by atoms with E-state index >= 15 is 0 Å². The van der Waals surface area contributed by atoms with Gasteiger partial charge in [-0.25, -0.2) is 13.6 Å². The Morgan fingerprint density at radius 3 is 2.31 bits per heavy atom. The molecule has 2 rings (SSSR count). The number of halogens is 3. The zero-order chi connectivity index (χ0) is 20.7. The zero-order valence-electron chi connectivity index (χ0n) is 15.9. The number of sulfonamides is 1. The van der Waals surface area contributed by atoms with Crippen molar-refractivity contribution in [2.75, 3.05) is 7.05 Å². The minimum absolute atomic E-state index is 0. The summed E-state index contributed by atoms with van der Waals surface area (Å²) in [7, 11) is -2.16. The van der Waals surface area contributed by atoms with Crippen molar-refractivity contribution < 1.29 is 21.9 Å². The van der Waals surface area contributed by atoms with E-state index in [-0.39, 0.29) is 41.2 Å². The number of ether oxygens (including phenoxy) is 1. The molecule has 0 spiro atoms. The van der Waals surface area contributed by atoms with Gasteiger partial charge in [-0.05, 0) is 30.7 Å². The summed E-state index contributed by atoms with van der Waals surface area (Å²) in [6.07, 6.45) is 0. The minimum atomic E-state index is -3.73. The third-order valence-electron chi connectivity index (χ3n) is 3.81. The van der Waals surface area contributed by atoms with Gasteiger partial charge in [0.1, 0.15) is 5.75 Å². The molecular formula is C18H23F2IN4O3S.